The molecule has 1 aromatic rings. The molecule has 0 saturated heterocycles. The second-order valence-corrected chi connectivity index (χ2v) is 4.95. The summed E-state index contributed by atoms with van der Waals surface area (Å²) in [5.41, 5.74) is 8.89. The summed E-state index contributed by atoms with van der Waals surface area (Å²) in [6.07, 6.45) is 2.15. The van der Waals surface area contributed by atoms with E-state index in [9.17, 15) is 0 Å². The van der Waals surface area contributed by atoms with Crippen LogP contribution in [0.1, 0.15) is 37.5 Å². The van der Waals surface area contributed by atoms with Crippen LogP contribution in [0.3, 0.4) is 0 Å². The highest BCUT2D eigenvalue weighted by Crippen LogP contribution is 2.31. The maximum absolute atomic E-state index is 6.12. The van der Waals surface area contributed by atoms with Crippen molar-refractivity contribution in [2.75, 3.05) is 6.61 Å². The second-order valence-electron chi connectivity index (χ2n) is 4.95. The van der Waals surface area contributed by atoms with Gasteiger partial charge in [-0.25, -0.2) is 0 Å². The number of nitrogens with two attached hydrogens (primary N) is 1. The number of hydrogen-bond acceptors (Lipinski definition) is 2. The molecule has 1 heterocycles. The number of rotatable bonds is 3. The van der Waals surface area contributed by atoms with Crippen LogP contribution in [0.25, 0.3) is 0 Å². The summed E-state index contributed by atoms with van der Waals surface area (Å²) >= 11 is 0. The summed E-state index contributed by atoms with van der Waals surface area (Å²) in [7, 11) is 0. The molecular formula is C14H21NO. The molecule has 2 nitrogen and oxygen atoms in total. The Balaban J connectivity index is 2.13. The molecule has 88 valence electrons. The molecule has 0 fully saturated rings. The predicted octanol–water partition coefficient (Wildman–Crippen LogP) is 2.67. The molecule has 0 amide bonds. The van der Waals surface area contributed by atoms with Crippen molar-refractivity contribution in [3.8, 4) is 0 Å². The van der Waals surface area contributed by atoms with E-state index in [4.69, 9.17) is 10.5 Å². The quantitative estimate of drug-likeness (QED) is 0.848. The fourth-order valence-electron chi connectivity index (χ4n) is 2.19. The first-order valence-electron chi connectivity index (χ1n) is 6.13. The molecule has 2 N–H and O–H groups in total. The Morgan fingerprint density at radius 1 is 1.38 bits per heavy atom. The molecule has 1 aliphatic heterocycles. The lowest BCUT2D eigenvalue weighted by molar-refractivity contribution is 0.0291. The topological polar surface area (TPSA) is 35.2 Å². The molecule has 0 saturated carbocycles. The average molecular weight is 219 g/mol. The molecule has 2 atom stereocenters. The lowest BCUT2D eigenvalue weighted by Crippen LogP contribution is -2.30. The van der Waals surface area contributed by atoms with Crippen molar-refractivity contribution in [3.63, 3.8) is 0 Å². The van der Waals surface area contributed by atoms with E-state index in [0.717, 1.165) is 19.4 Å². The summed E-state index contributed by atoms with van der Waals surface area (Å²) in [5, 5.41) is 0. The molecule has 0 aromatic heterocycles. The van der Waals surface area contributed by atoms with Crippen molar-refractivity contribution in [2.45, 2.75) is 38.8 Å². The van der Waals surface area contributed by atoms with E-state index < -0.39 is 0 Å². The van der Waals surface area contributed by atoms with Gasteiger partial charge in [-0.2, -0.15) is 0 Å². The minimum Gasteiger partial charge on any atom is -0.373 e. The van der Waals surface area contributed by atoms with Gasteiger partial charge in [-0.1, -0.05) is 38.1 Å². The zero-order valence-corrected chi connectivity index (χ0v) is 10.1. The lowest BCUT2D eigenvalue weighted by atomic mass is 9.90. The van der Waals surface area contributed by atoms with Crippen LogP contribution in [0.5, 0.6) is 0 Å². The van der Waals surface area contributed by atoms with Gasteiger partial charge < -0.3 is 10.5 Å². The zero-order valence-electron chi connectivity index (χ0n) is 10.1. The maximum Gasteiger partial charge on any atom is 0.0842 e. The first-order valence-corrected chi connectivity index (χ1v) is 6.13. The van der Waals surface area contributed by atoms with Crippen LogP contribution in [-0.2, 0) is 11.2 Å². The predicted molar refractivity (Wildman–Crippen MR) is 66.3 cm³/mol. The largest absolute Gasteiger partial charge is 0.373 e. The number of hydrogen-bond donors (Lipinski definition) is 1. The third kappa shape index (κ3) is 2.45. The van der Waals surface area contributed by atoms with Gasteiger partial charge >= 0.3 is 0 Å². The normalized spacial score (nSPS) is 21.9. The molecule has 2 heteroatoms. The minimum absolute atomic E-state index is 0.197. The number of ether oxygens (including phenoxy) is 1. The van der Waals surface area contributed by atoms with Crippen molar-refractivity contribution < 1.29 is 4.74 Å². The highest BCUT2D eigenvalue weighted by Gasteiger charge is 2.23. The van der Waals surface area contributed by atoms with Gasteiger partial charge in [0.1, 0.15) is 0 Å². The van der Waals surface area contributed by atoms with Crippen molar-refractivity contribution in [1.29, 1.82) is 0 Å². The maximum atomic E-state index is 6.12. The fourth-order valence-corrected chi connectivity index (χ4v) is 2.19. The Bertz CT molecular complexity index is 348. The highest BCUT2D eigenvalue weighted by atomic mass is 16.5. The molecule has 0 spiro atoms. The molecule has 0 radical (unpaired) electrons. The zero-order chi connectivity index (χ0) is 11.5. The molecule has 16 heavy (non-hydrogen) atoms. The Labute approximate surface area is 97.8 Å². The summed E-state index contributed by atoms with van der Waals surface area (Å²) in [6, 6.07) is 8.78. The van der Waals surface area contributed by atoms with Crippen LogP contribution < -0.4 is 5.73 Å². The summed E-state index contributed by atoms with van der Waals surface area (Å²) in [6.45, 7) is 5.16. The first-order chi connectivity index (χ1) is 7.68. The van der Waals surface area contributed by atoms with Crippen molar-refractivity contribution in [2.24, 2.45) is 11.7 Å². The molecule has 2 unspecified atom stereocenters. The van der Waals surface area contributed by atoms with Gasteiger partial charge in [0.15, 0.2) is 0 Å². The van der Waals surface area contributed by atoms with Crippen LogP contribution in [0.2, 0.25) is 0 Å². The monoisotopic (exact) mass is 219 g/mol. The van der Waals surface area contributed by atoms with E-state index in [0.29, 0.717) is 5.92 Å². The van der Waals surface area contributed by atoms with Gasteiger partial charge in [-0.3, -0.25) is 0 Å². The third-order valence-corrected chi connectivity index (χ3v) is 3.43. The van der Waals surface area contributed by atoms with Gasteiger partial charge in [-0.05, 0) is 29.9 Å². The molecule has 2 rings (SSSR count). The average Bonchev–Trinajstić information content (AvgIpc) is 2.29. The van der Waals surface area contributed by atoms with E-state index in [2.05, 4.69) is 38.1 Å². The summed E-state index contributed by atoms with van der Waals surface area (Å²) in [5.74, 6) is 0.512. The van der Waals surface area contributed by atoms with Crippen LogP contribution in [0.15, 0.2) is 24.3 Å². The third-order valence-electron chi connectivity index (χ3n) is 3.43. The molecule has 1 aromatic carbocycles. The number of benzene rings is 1. The van der Waals surface area contributed by atoms with Crippen molar-refractivity contribution in [1.82, 2.24) is 0 Å². The first kappa shape index (κ1) is 11.6. The highest BCUT2D eigenvalue weighted by molar-refractivity contribution is 5.31. The van der Waals surface area contributed by atoms with Gasteiger partial charge in [0, 0.05) is 6.04 Å². The van der Waals surface area contributed by atoms with Crippen molar-refractivity contribution >= 4 is 0 Å². The number of fused-ring (bicyclic) bond motifs is 1. The van der Waals surface area contributed by atoms with E-state index >= 15 is 0 Å². The smallest absolute Gasteiger partial charge is 0.0842 e. The Morgan fingerprint density at radius 2 is 2.12 bits per heavy atom. The summed E-state index contributed by atoms with van der Waals surface area (Å²) in [4.78, 5) is 0. The summed E-state index contributed by atoms with van der Waals surface area (Å²) < 4.78 is 5.85. The Morgan fingerprint density at radius 3 is 2.88 bits per heavy atom. The van der Waals surface area contributed by atoms with E-state index in [1.807, 2.05) is 0 Å². The molecule has 1 aliphatic rings. The van der Waals surface area contributed by atoms with E-state index in [-0.39, 0.29) is 12.1 Å². The van der Waals surface area contributed by atoms with Gasteiger partial charge in [0.05, 0.1) is 12.7 Å². The fraction of sp³-hybridized carbons (Fsp3) is 0.571. The molecule has 0 aliphatic carbocycles. The van der Waals surface area contributed by atoms with Gasteiger partial charge in [0.25, 0.3) is 0 Å². The van der Waals surface area contributed by atoms with Crippen LogP contribution in [0, 0.1) is 5.92 Å². The van der Waals surface area contributed by atoms with Gasteiger partial charge in [-0.15, -0.1) is 0 Å². The lowest BCUT2D eigenvalue weighted by Gasteiger charge is -2.29. The van der Waals surface area contributed by atoms with E-state index in [1.165, 1.54) is 11.1 Å². The molecular weight excluding hydrogens is 198 g/mol. The minimum atomic E-state index is 0.197. The standard InChI is InChI=1S/C14H21NO/c1-10(2)13(15)9-14-12-6-4-3-5-11(12)7-8-16-14/h3-6,10,13-14H,7-9,15H2,1-2H3. The Kier molecular flexibility index (Phi) is 3.62. The van der Waals surface area contributed by atoms with Gasteiger partial charge in [0.2, 0.25) is 0 Å². The van der Waals surface area contributed by atoms with E-state index in [1.54, 1.807) is 0 Å². The van der Waals surface area contributed by atoms with Crippen LogP contribution in [0.4, 0.5) is 0 Å². The Hall–Kier alpha value is -0.860. The molecule has 0 bridgehead atoms. The second kappa shape index (κ2) is 4.98. The SMILES string of the molecule is CC(C)C(N)CC1OCCc2ccccc21. The van der Waals surface area contributed by atoms with Crippen LogP contribution in [-0.4, -0.2) is 12.6 Å². The van der Waals surface area contributed by atoms with Crippen molar-refractivity contribution in [3.05, 3.63) is 35.4 Å². The van der Waals surface area contributed by atoms with Crippen LogP contribution >= 0.6 is 0 Å².